The lowest BCUT2D eigenvalue weighted by Gasteiger charge is -2.10. The molecule has 0 aliphatic rings. The maximum atomic E-state index is 13.4. The third kappa shape index (κ3) is 4.20. The number of hydrogen-bond donors (Lipinski definition) is 2. The highest BCUT2D eigenvalue weighted by molar-refractivity contribution is 5.99. The Morgan fingerprint density at radius 2 is 1.96 bits per heavy atom. The summed E-state index contributed by atoms with van der Waals surface area (Å²) in [6.07, 6.45) is 1.65. The Morgan fingerprint density at radius 3 is 2.80 bits per heavy atom. The van der Waals surface area contributed by atoms with Gasteiger partial charge in [-0.15, -0.1) is 0 Å². The Bertz CT molecular complexity index is 897. The molecule has 7 heteroatoms. The van der Waals surface area contributed by atoms with E-state index in [1.807, 2.05) is 24.3 Å². The Kier molecular flexibility index (Phi) is 5.03. The molecule has 1 aromatic heterocycles. The van der Waals surface area contributed by atoms with Crippen molar-refractivity contribution in [1.29, 1.82) is 0 Å². The first-order chi connectivity index (χ1) is 12.1. The van der Waals surface area contributed by atoms with Crippen LogP contribution < -0.4 is 15.4 Å². The minimum atomic E-state index is -0.786. The molecule has 0 atom stereocenters. The van der Waals surface area contributed by atoms with Gasteiger partial charge in [0.1, 0.15) is 12.4 Å². The van der Waals surface area contributed by atoms with Crippen molar-refractivity contribution in [2.45, 2.75) is 0 Å². The van der Waals surface area contributed by atoms with Crippen LogP contribution in [0.25, 0.3) is 10.9 Å². The molecule has 0 aliphatic heterocycles. The van der Waals surface area contributed by atoms with E-state index in [0.717, 1.165) is 17.5 Å². The van der Waals surface area contributed by atoms with Gasteiger partial charge in [-0.3, -0.25) is 4.98 Å². The minimum absolute atomic E-state index is 0.0454. The summed E-state index contributed by atoms with van der Waals surface area (Å²) in [5, 5.41) is 6.22. The lowest BCUT2D eigenvalue weighted by molar-refractivity contribution is 0.246. The summed E-state index contributed by atoms with van der Waals surface area (Å²) in [5.74, 6) is -1.53. The number of hydrogen-bond acceptors (Lipinski definition) is 3. The van der Waals surface area contributed by atoms with Crippen molar-refractivity contribution in [2.24, 2.45) is 0 Å². The maximum Gasteiger partial charge on any atom is 0.319 e. The fourth-order valence-corrected chi connectivity index (χ4v) is 2.29. The second-order valence-electron chi connectivity index (χ2n) is 5.18. The fraction of sp³-hybridized carbons (Fsp3) is 0.111. The molecule has 0 radical (unpaired) electrons. The zero-order chi connectivity index (χ0) is 17.6. The molecule has 3 rings (SSSR count). The summed E-state index contributed by atoms with van der Waals surface area (Å²) >= 11 is 0. The number of carbonyl (C=O) groups excluding carboxylic acids is 1. The van der Waals surface area contributed by atoms with Crippen molar-refractivity contribution in [2.75, 3.05) is 18.5 Å². The molecule has 0 spiro atoms. The van der Waals surface area contributed by atoms with Gasteiger partial charge in [-0.25, -0.2) is 13.6 Å². The highest BCUT2D eigenvalue weighted by Crippen LogP contribution is 2.20. The number of amides is 2. The summed E-state index contributed by atoms with van der Waals surface area (Å²) in [4.78, 5) is 16.2. The Balaban J connectivity index is 1.51. The van der Waals surface area contributed by atoms with Crippen LogP contribution in [0.4, 0.5) is 19.3 Å². The van der Waals surface area contributed by atoms with E-state index in [2.05, 4.69) is 15.6 Å². The smallest absolute Gasteiger partial charge is 0.319 e. The number of rotatable bonds is 5. The topological polar surface area (TPSA) is 63.2 Å². The number of anilines is 1. The van der Waals surface area contributed by atoms with Crippen LogP contribution in [0.3, 0.4) is 0 Å². The Morgan fingerprint density at radius 1 is 1.12 bits per heavy atom. The molecule has 0 saturated carbocycles. The fourth-order valence-electron chi connectivity index (χ4n) is 2.29. The van der Waals surface area contributed by atoms with Crippen LogP contribution in [0.2, 0.25) is 0 Å². The standard InChI is InChI=1S/C18H15F2N3O2/c19-13-6-7-16(14(20)11-13)25-10-9-22-18(24)23-15-5-1-3-12-4-2-8-21-17(12)15/h1-8,11H,9-10H2,(H2,22,23,24). The summed E-state index contributed by atoms with van der Waals surface area (Å²) in [5.41, 5.74) is 1.27. The van der Waals surface area contributed by atoms with Crippen LogP contribution in [0.1, 0.15) is 0 Å². The second-order valence-corrected chi connectivity index (χ2v) is 5.18. The van der Waals surface area contributed by atoms with E-state index >= 15 is 0 Å². The van der Waals surface area contributed by atoms with Gasteiger partial charge in [0.15, 0.2) is 11.6 Å². The number of aromatic nitrogens is 1. The number of fused-ring (bicyclic) bond motifs is 1. The number of nitrogens with zero attached hydrogens (tertiary/aromatic N) is 1. The molecular weight excluding hydrogens is 328 g/mol. The lowest BCUT2D eigenvalue weighted by atomic mass is 10.2. The van der Waals surface area contributed by atoms with Gasteiger partial charge in [0.2, 0.25) is 0 Å². The van der Waals surface area contributed by atoms with Crippen LogP contribution in [0.5, 0.6) is 5.75 Å². The maximum absolute atomic E-state index is 13.4. The van der Waals surface area contributed by atoms with Gasteiger partial charge in [0.05, 0.1) is 17.7 Å². The first-order valence-corrected chi connectivity index (χ1v) is 7.60. The SMILES string of the molecule is O=C(NCCOc1ccc(F)cc1F)Nc1cccc2cccnc12. The van der Waals surface area contributed by atoms with E-state index in [4.69, 9.17) is 4.74 Å². The molecule has 5 nitrogen and oxygen atoms in total. The number of para-hydroxylation sites is 1. The molecule has 3 aromatic rings. The molecule has 1 heterocycles. The van der Waals surface area contributed by atoms with Gasteiger partial charge in [-0.05, 0) is 24.3 Å². The van der Waals surface area contributed by atoms with Gasteiger partial charge >= 0.3 is 6.03 Å². The first kappa shape index (κ1) is 16.6. The van der Waals surface area contributed by atoms with Crippen LogP contribution in [0.15, 0.2) is 54.7 Å². The molecule has 0 saturated heterocycles. The number of ether oxygens (including phenoxy) is 1. The van der Waals surface area contributed by atoms with Crippen LogP contribution in [-0.4, -0.2) is 24.2 Å². The Labute approximate surface area is 142 Å². The molecule has 0 fully saturated rings. The van der Waals surface area contributed by atoms with Crippen LogP contribution >= 0.6 is 0 Å². The molecule has 2 aromatic carbocycles. The Hall–Kier alpha value is -3.22. The van der Waals surface area contributed by atoms with Gasteiger partial charge < -0.3 is 15.4 Å². The van der Waals surface area contributed by atoms with Crippen LogP contribution in [-0.2, 0) is 0 Å². The number of halogens is 2. The van der Waals surface area contributed by atoms with Gasteiger partial charge in [0, 0.05) is 17.6 Å². The number of benzene rings is 2. The lowest BCUT2D eigenvalue weighted by Crippen LogP contribution is -2.32. The zero-order valence-corrected chi connectivity index (χ0v) is 13.1. The van der Waals surface area contributed by atoms with Gasteiger partial charge in [-0.1, -0.05) is 18.2 Å². The highest BCUT2D eigenvalue weighted by atomic mass is 19.1. The van der Waals surface area contributed by atoms with Crippen molar-refractivity contribution in [1.82, 2.24) is 10.3 Å². The van der Waals surface area contributed by atoms with Crippen molar-refractivity contribution in [3.63, 3.8) is 0 Å². The summed E-state index contributed by atoms with van der Waals surface area (Å²) in [6.45, 7) is 0.199. The average Bonchev–Trinajstić information content (AvgIpc) is 2.60. The van der Waals surface area contributed by atoms with E-state index in [9.17, 15) is 13.6 Å². The van der Waals surface area contributed by atoms with E-state index < -0.39 is 17.7 Å². The third-order valence-electron chi connectivity index (χ3n) is 3.42. The van der Waals surface area contributed by atoms with Gasteiger partial charge in [0.25, 0.3) is 0 Å². The van der Waals surface area contributed by atoms with Crippen molar-refractivity contribution in [3.8, 4) is 5.75 Å². The van der Waals surface area contributed by atoms with Crippen molar-refractivity contribution < 1.29 is 18.3 Å². The molecule has 0 unspecified atom stereocenters. The molecule has 25 heavy (non-hydrogen) atoms. The van der Waals surface area contributed by atoms with Crippen molar-refractivity contribution in [3.05, 3.63) is 66.4 Å². The van der Waals surface area contributed by atoms with E-state index in [0.29, 0.717) is 11.2 Å². The molecule has 0 bridgehead atoms. The second kappa shape index (κ2) is 7.57. The monoisotopic (exact) mass is 343 g/mol. The molecule has 2 N–H and O–H groups in total. The normalized spacial score (nSPS) is 10.5. The van der Waals surface area contributed by atoms with Gasteiger partial charge in [-0.2, -0.15) is 0 Å². The predicted octanol–water partition coefficient (Wildman–Crippen LogP) is 3.71. The quantitative estimate of drug-likeness (QED) is 0.694. The number of urea groups is 1. The summed E-state index contributed by atoms with van der Waals surface area (Å²) in [6, 6.07) is 11.8. The van der Waals surface area contributed by atoms with E-state index in [1.54, 1.807) is 12.3 Å². The predicted molar refractivity (Wildman–Crippen MR) is 90.6 cm³/mol. The molecule has 128 valence electrons. The first-order valence-electron chi connectivity index (χ1n) is 7.60. The van der Waals surface area contributed by atoms with E-state index in [-0.39, 0.29) is 18.9 Å². The molecule has 0 aliphatic carbocycles. The van der Waals surface area contributed by atoms with E-state index in [1.165, 1.54) is 6.07 Å². The minimum Gasteiger partial charge on any atom is -0.489 e. The number of carbonyl (C=O) groups is 1. The van der Waals surface area contributed by atoms with Crippen LogP contribution in [0, 0.1) is 11.6 Å². The summed E-state index contributed by atoms with van der Waals surface area (Å²) < 4.78 is 31.4. The third-order valence-corrected chi connectivity index (χ3v) is 3.42. The number of pyridine rings is 1. The van der Waals surface area contributed by atoms with Crippen molar-refractivity contribution >= 4 is 22.6 Å². The molecular formula is C18H15F2N3O2. The summed E-state index contributed by atoms with van der Waals surface area (Å²) in [7, 11) is 0. The largest absolute Gasteiger partial charge is 0.489 e. The average molecular weight is 343 g/mol. The highest BCUT2D eigenvalue weighted by Gasteiger charge is 2.07. The number of nitrogens with one attached hydrogen (secondary N) is 2. The molecule has 2 amide bonds. The zero-order valence-electron chi connectivity index (χ0n) is 13.1.